The van der Waals surface area contributed by atoms with Crippen molar-refractivity contribution >= 4 is 22.4 Å². The summed E-state index contributed by atoms with van der Waals surface area (Å²) in [4.78, 5) is 11.4. The largest absolute Gasteiger partial charge is 0.384 e. The number of aromatic nitrogens is 4. The third kappa shape index (κ3) is 4.31. The molecule has 1 aromatic carbocycles. The van der Waals surface area contributed by atoms with Crippen LogP contribution in [-0.4, -0.2) is 49.9 Å². The highest BCUT2D eigenvalue weighted by molar-refractivity contribution is 5.81. The van der Waals surface area contributed by atoms with Gasteiger partial charge in [-0.3, -0.25) is 0 Å². The second kappa shape index (κ2) is 8.53. The van der Waals surface area contributed by atoms with Crippen molar-refractivity contribution in [3.8, 4) is 5.69 Å². The van der Waals surface area contributed by atoms with Crippen LogP contribution in [0.25, 0.3) is 16.6 Å². The van der Waals surface area contributed by atoms with Gasteiger partial charge in [-0.05, 0) is 76.2 Å². The van der Waals surface area contributed by atoms with Gasteiger partial charge in [0.2, 0.25) is 0 Å². The summed E-state index contributed by atoms with van der Waals surface area (Å²) in [5.74, 6) is 0.231. The fraction of sp³-hybridized carbons (Fsp3) is 0.320. The van der Waals surface area contributed by atoms with Gasteiger partial charge in [0, 0.05) is 36.1 Å². The Morgan fingerprint density at radius 3 is 2.70 bits per heavy atom. The summed E-state index contributed by atoms with van der Waals surface area (Å²) in [6.07, 6.45) is 6.97. The van der Waals surface area contributed by atoms with Crippen molar-refractivity contribution in [2.45, 2.75) is 25.4 Å². The second-order valence-electron chi connectivity index (χ2n) is 8.92. The van der Waals surface area contributed by atoms with Crippen LogP contribution in [0.15, 0.2) is 61.1 Å². The first-order valence-corrected chi connectivity index (χ1v) is 11.1. The summed E-state index contributed by atoms with van der Waals surface area (Å²) in [5, 5.41) is 19.4. The molecule has 2 N–H and O–H groups in total. The van der Waals surface area contributed by atoms with Gasteiger partial charge in [0.05, 0.1) is 22.6 Å². The molecule has 1 saturated heterocycles. The molecule has 0 spiro atoms. The zero-order valence-electron chi connectivity index (χ0n) is 18.7. The summed E-state index contributed by atoms with van der Waals surface area (Å²) >= 11 is 0. The summed E-state index contributed by atoms with van der Waals surface area (Å²) in [7, 11) is 2.11. The molecule has 0 aliphatic carbocycles. The summed E-state index contributed by atoms with van der Waals surface area (Å²) in [6.45, 7) is 3.79. The van der Waals surface area contributed by atoms with Crippen molar-refractivity contribution in [1.82, 2.24) is 24.6 Å². The van der Waals surface area contributed by atoms with E-state index in [9.17, 15) is 9.50 Å². The number of fused-ring (bicyclic) bond motifs is 1. The lowest BCUT2D eigenvalue weighted by Gasteiger charge is -2.38. The Hall–Kier alpha value is -3.36. The van der Waals surface area contributed by atoms with Crippen LogP contribution in [-0.2, 0) is 5.60 Å². The molecule has 4 heterocycles. The van der Waals surface area contributed by atoms with E-state index in [1.54, 1.807) is 47.5 Å². The maximum Gasteiger partial charge on any atom is 0.148 e. The lowest BCUT2D eigenvalue weighted by atomic mass is 9.79. The van der Waals surface area contributed by atoms with Gasteiger partial charge in [0.1, 0.15) is 17.2 Å². The molecule has 1 aliphatic rings. The normalized spacial score (nSPS) is 17.2. The molecule has 7 nitrogen and oxygen atoms in total. The predicted molar refractivity (Wildman–Crippen MR) is 126 cm³/mol. The monoisotopic (exact) mass is 446 g/mol. The van der Waals surface area contributed by atoms with Crippen LogP contribution in [0.2, 0.25) is 0 Å². The van der Waals surface area contributed by atoms with Gasteiger partial charge in [-0.1, -0.05) is 0 Å². The van der Waals surface area contributed by atoms with Crippen LogP contribution in [0.4, 0.5) is 15.9 Å². The number of anilines is 2. The van der Waals surface area contributed by atoms with Gasteiger partial charge < -0.3 is 15.3 Å². The molecule has 33 heavy (non-hydrogen) atoms. The average Bonchev–Trinajstić information content (AvgIpc) is 3.35. The minimum Gasteiger partial charge on any atom is -0.384 e. The van der Waals surface area contributed by atoms with Gasteiger partial charge in [0.25, 0.3) is 0 Å². The number of nitrogens with zero attached hydrogens (tertiary/aromatic N) is 5. The Morgan fingerprint density at radius 2 is 1.97 bits per heavy atom. The molecule has 0 unspecified atom stereocenters. The van der Waals surface area contributed by atoms with E-state index in [4.69, 9.17) is 4.98 Å². The number of piperidine rings is 1. The first kappa shape index (κ1) is 21.5. The van der Waals surface area contributed by atoms with Crippen LogP contribution >= 0.6 is 0 Å². The summed E-state index contributed by atoms with van der Waals surface area (Å²) in [6, 6.07) is 12.2. The van der Waals surface area contributed by atoms with Gasteiger partial charge in [-0.2, -0.15) is 5.10 Å². The van der Waals surface area contributed by atoms with Crippen molar-refractivity contribution in [2.24, 2.45) is 5.92 Å². The molecule has 3 aromatic heterocycles. The number of hydrogen-bond acceptors (Lipinski definition) is 6. The van der Waals surface area contributed by atoms with Gasteiger partial charge >= 0.3 is 0 Å². The minimum atomic E-state index is -1.01. The van der Waals surface area contributed by atoms with Crippen molar-refractivity contribution in [2.75, 3.05) is 25.5 Å². The molecule has 1 atom stereocenters. The predicted octanol–water partition coefficient (Wildman–Crippen LogP) is 4.25. The maximum atomic E-state index is 14.7. The molecule has 170 valence electrons. The fourth-order valence-corrected chi connectivity index (χ4v) is 4.45. The van der Waals surface area contributed by atoms with Crippen LogP contribution in [0, 0.1) is 11.7 Å². The topological polar surface area (TPSA) is 79.1 Å². The third-order valence-corrected chi connectivity index (χ3v) is 6.59. The lowest BCUT2D eigenvalue weighted by Crippen LogP contribution is -2.41. The Balaban J connectivity index is 1.40. The fourth-order valence-electron chi connectivity index (χ4n) is 4.45. The first-order chi connectivity index (χ1) is 15.9. The summed E-state index contributed by atoms with van der Waals surface area (Å²) in [5.41, 5.74) is 1.29. The number of hydrogen-bond donors (Lipinski definition) is 2. The zero-order chi connectivity index (χ0) is 23.0. The molecule has 8 heteroatoms. The number of aliphatic hydroxyl groups is 1. The molecule has 1 aliphatic heterocycles. The van der Waals surface area contributed by atoms with Crippen molar-refractivity contribution < 1.29 is 9.50 Å². The van der Waals surface area contributed by atoms with E-state index in [1.807, 2.05) is 19.1 Å². The molecule has 0 bridgehead atoms. The lowest BCUT2D eigenvalue weighted by molar-refractivity contribution is -0.0334. The Morgan fingerprint density at radius 1 is 1.15 bits per heavy atom. The van der Waals surface area contributed by atoms with Crippen LogP contribution in [0.1, 0.15) is 25.5 Å². The molecule has 4 aromatic rings. The van der Waals surface area contributed by atoms with Crippen LogP contribution in [0.5, 0.6) is 0 Å². The molecule has 5 rings (SSSR count). The molecule has 1 fully saturated rings. The average molecular weight is 447 g/mol. The van der Waals surface area contributed by atoms with E-state index in [0.717, 1.165) is 31.3 Å². The highest BCUT2D eigenvalue weighted by Crippen LogP contribution is 2.36. The molecule has 0 amide bonds. The van der Waals surface area contributed by atoms with E-state index in [2.05, 4.69) is 27.3 Å². The van der Waals surface area contributed by atoms with E-state index in [-0.39, 0.29) is 5.92 Å². The van der Waals surface area contributed by atoms with Gasteiger partial charge in [-0.25, -0.2) is 19.0 Å². The molecule has 0 radical (unpaired) electrons. The van der Waals surface area contributed by atoms with E-state index in [1.165, 1.54) is 6.07 Å². The minimum absolute atomic E-state index is 0.153. The van der Waals surface area contributed by atoms with E-state index < -0.39 is 11.4 Å². The highest BCUT2D eigenvalue weighted by atomic mass is 19.1. The maximum absolute atomic E-state index is 14.7. The number of likely N-dealkylation sites (tertiary alicyclic amines) is 1. The number of benzene rings is 1. The van der Waals surface area contributed by atoms with Crippen molar-refractivity contribution in [1.29, 1.82) is 0 Å². The Kier molecular flexibility index (Phi) is 5.55. The third-order valence-electron chi connectivity index (χ3n) is 6.59. The van der Waals surface area contributed by atoms with Crippen LogP contribution < -0.4 is 5.32 Å². The Bertz CT molecular complexity index is 1270. The smallest absolute Gasteiger partial charge is 0.148 e. The number of halogens is 1. The molecular weight excluding hydrogens is 419 g/mol. The number of rotatable bonds is 5. The highest BCUT2D eigenvalue weighted by Gasteiger charge is 2.36. The summed E-state index contributed by atoms with van der Waals surface area (Å²) < 4.78 is 16.3. The SMILES string of the molecule is CN1CCC([C@](C)(O)c2ccc3cnc(Nc4ccc(-n5cccn5)cc4F)cc3n2)CC1. The van der Waals surface area contributed by atoms with Gasteiger partial charge in [0.15, 0.2) is 0 Å². The number of pyridine rings is 2. The van der Waals surface area contributed by atoms with Crippen molar-refractivity contribution in [3.63, 3.8) is 0 Å². The second-order valence-corrected chi connectivity index (χ2v) is 8.92. The molecular formula is C25H27FN6O. The van der Waals surface area contributed by atoms with Crippen LogP contribution in [0.3, 0.4) is 0 Å². The van der Waals surface area contributed by atoms with E-state index in [0.29, 0.717) is 28.4 Å². The van der Waals surface area contributed by atoms with Crippen molar-refractivity contribution in [3.05, 3.63) is 72.6 Å². The standard InChI is InChI=1S/C25H27FN6O/c1-25(33,18-8-12-31(2)13-9-18)23-7-4-17-16-27-24(15-22(17)29-23)30-21-6-5-19(14-20(21)26)32-11-3-10-28-32/h3-7,10-11,14-16,18,33H,8-9,12-13H2,1-2H3,(H,27,30)/t25-/m0/s1. The Labute approximate surface area is 191 Å². The zero-order valence-corrected chi connectivity index (χ0v) is 18.7. The van der Waals surface area contributed by atoms with E-state index >= 15 is 0 Å². The quantitative estimate of drug-likeness (QED) is 0.477. The van der Waals surface area contributed by atoms with Gasteiger partial charge in [-0.15, -0.1) is 0 Å². The first-order valence-electron chi connectivity index (χ1n) is 11.1. The number of nitrogens with one attached hydrogen (secondary N) is 1. The molecule has 0 saturated carbocycles.